The molecule has 1 aromatic carbocycles. The summed E-state index contributed by atoms with van der Waals surface area (Å²) in [6.45, 7) is 7.79. The standard InChI is InChI=1S/C30H41N3O8S/c1-7-22(31-40-9-3)29-24(34)14-19(15-25(29)35)18-11-12-28(42(38,39)33(5)6)21(13-18)20-16-26(36)30(27(37)17-20)23(8-2)32-41-10-4/h11-13,19-20,34,36H,7-10,14-17H2,1-6H3. The van der Waals surface area contributed by atoms with Gasteiger partial charge in [0.15, 0.2) is 11.6 Å². The molecule has 0 saturated heterocycles. The molecular weight excluding hydrogens is 562 g/mol. The third-order valence-corrected chi connectivity index (χ3v) is 9.33. The average Bonchev–Trinajstić information content (AvgIpc) is 2.95. The highest BCUT2D eigenvalue weighted by Crippen LogP contribution is 2.41. The van der Waals surface area contributed by atoms with Crippen LogP contribution in [-0.2, 0) is 29.3 Å². The molecule has 3 rings (SSSR count). The van der Waals surface area contributed by atoms with E-state index in [1.54, 1.807) is 32.9 Å². The Bertz CT molecular complexity index is 1440. The number of carbonyl (C=O) groups is 2. The minimum atomic E-state index is -3.91. The molecule has 0 heterocycles. The predicted molar refractivity (Wildman–Crippen MR) is 159 cm³/mol. The number of nitrogens with zero attached hydrogens (tertiary/aromatic N) is 3. The Hall–Kier alpha value is -3.51. The van der Waals surface area contributed by atoms with Crippen molar-refractivity contribution in [3.8, 4) is 0 Å². The van der Waals surface area contributed by atoms with Gasteiger partial charge in [-0.2, -0.15) is 0 Å². The van der Waals surface area contributed by atoms with Gasteiger partial charge in [-0.3, -0.25) is 9.59 Å². The zero-order valence-electron chi connectivity index (χ0n) is 25.1. The lowest BCUT2D eigenvalue weighted by molar-refractivity contribution is -0.117. The average molecular weight is 604 g/mol. The van der Waals surface area contributed by atoms with Crippen molar-refractivity contribution in [2.24, 2.45) is 10.3 Å². The first-order valence-electron chi connectivity index (χ1n) is 14.3. The zero-order valence-corrected chi connectivity index (χ0v) is 26.0. The maximum Gasteiger partial charge on any atom is 0.242 e. The number of carbonyl (C=O) groups excluding carboxylic acids is 2. The molecule has 0 amide bonds. The first-order chi connectivity index (χ1) is 19.9. The number of Topliss-reactive ketones (excluding diaryl/α,β-unsaturated/α-hetero) is 2. The molecular formula is C30H41N3O8S. The van der Waals surface area contributed by atoms with Crippen LogP contribution in [0, 0.1) is 0 Å². The van der Waals surface area contributed by atoms with Gasteiger partial charge in [0.1, 0.15) is 24.7 Å². The van der Waals surface area contributed by atoms with E-state index in [0.717, 1.165) is 4.31 Å². The highest BCUT2D eigenvalue weighted by Gasteiger charge is 2.36. The Morgan fingerprint density at radius 3 is 1.74 bits per heavy atom. The van der Waals surface area contributed by atoms with E-state index in [4.69, 9.17) is 9.68 Å². The van der Waals surface area contributed by atoms with E-state index in [0.29, 0.717) is 48.6 Å². The number of allylic oxidation sites excluding steroid dienone is 4. The number of aliphatic hydroxyl groups is 2. The molecule has 2 aliphatic rings. The molecule has 12 heteroatoms. The minimum Gasteiger partial charge on any atom is -0.511 e. The molecule has 0 bridgehead atoms. The van der Waals surface area contributed by atoms with Crippen LogP contribution < -0.4 is 0 Å². The van der Waals surface area contributed by atoms with Gasteiger partial charge in [-0.25, -0.2) is 12.7 Å². The van der Waals surface area contributed by atoms with Crippen LogP contribution in [0.1, 0.15) is 89.2 Å². The quantitative estimate of drug-likeness (QED) is 0.248. The molecule has 230 valence electrons. The lowest BCUT2D eigenvalue weighted by Crippen LogP contribution is -2.28. The fourth-order valence-corrected chi connectivity index (χ4v) is 6.49. The fourth-order valence-electron chi connectivity index (χ4n) is 5.33. The summed E-state index contributed by atoms with van der Waals surface area (Å²) in [4.78, 5) is 36.8. The molecule has 42 heavy (non-hydrogen) atoms. The van der Waals surface area contributed by atoms with Gasteiger partial charge in [0.2, 0.25) is 10.0 Å². The van der Waals surface area contributed by atoms with E-state index in [1.165, 1.54) is 20.2 Å². The summed E-state index contributed by atoms with van der Waals surface area (Å²) < 4.78 is 27.8. The molecule has 0 aromatic heterocycles. The molecule has 2 aliphatic carbocycles. The molecule has 0 aliphatic heterocycles. The molecule has 0 radical (unpaired) electrons. The summed E-state index contributed by atoms with van der Waals surface area (Å²) >= 11 is 0. The van der Waals surface area contributed by atoms with E-state index in [-0.39, 0.29) is 64.8 Å². The number of rotatable bonds is 12. The summed E-state index contributed by atoms with van der Waals surface area (Å²) in [5.74, 6) is -1.98. The van der Waals surface area contributed by atoms with Crippen molar-refractivity contribution in [2.45, 2.75) is 83.0 Å². The maximum absolute atomic E-state index is 13.3. The highest BCUT2D eigenvalue weighted by atomic mass is 32.2. The third kappa shape index (κ3) is 6.92. The number of ketones is 2. The number of oxime groups is 2. The van der Waals surface area contributed by atoms with Gasteiger partial charge in [0, 0.05) is 39.8 Å². The van der Waals surface area contributed by atoms with Crippen LogP contribution in [0.3, 0.4) is 0 Å². The first kappa shape index (κ1) is 33.0. The molecule has 0 saturated carbocycles. The second-order valence-corrected chi connectivity index (χ2v) is 12.5. The zero-order chi connectivity index (χ0) is 31.2. The van der Waals surface area contributed by atoms with Gasteiger partial charge in [-0.05, 0) is 55.7 Å². The molecule has 2 atom stereocenters. The summed E-state index contributed by atoms with van der Waals surface area (Å²) in [5.41, 5.74) is 2.00. The third-order valence-electron chi connectivity index (χ3n) is 7.44. The van der Waals surface area contributed by atoms with Crippen LogP contribution in [0.25, 0.3) is 0 Å². The second kappa shape index (κ2) is 14.1. The molecule has 2 N–H and O–H groups in total. The molecule has 2 unspecified atom stereocenters. The van der Waals surface area contributed by atoms with Gasteiger partial charge in [0.05, 0.1) is 27.5 Å². The number of hydrogen-bond donors (Lipinski definition) is 2. The molecule has 11 nitrogen and oxygen atoms in total. The van der Waals surface area contributed by atoms with Crippen LogP contribution in [0.5, 0.6) is 0 Å². The van der Waals surface area contributed by atoms with Crippen molar-refractivity contribution in [2.75, 3.05) is 27.3 Å². The van der Waals surface area contributed by atoms with Gasteiger partial charge < -0.3 is 19.9 Å². The smallest absolute Gasteiger partial charge is 0.242 e. The number of sulfonamides is 1. The molecule has 1 aromatic rings. The first-order valence-corrected chi connectivity index (χ1v) is 15.7. The van der Waals surface area contributed by atoms with Gasteiger partial charge in [-0.15, -0.1) is 0 Å². The van der Waals surface area contributed by atoms with Gasteiger partial charge >= 0.3 is 0 Å². The van der Waals surface area contributed by atoms with Crippen LogP contribution in [-0.4, -0.2) is 73.2 Å². The summed E-state index contributed by atoms with van der Waals surface area (Å²) in [7, 11) is -1.07. The van der Waals surface area contributed by atoms with Crippen molar-refractivity contribution >= 4 is 33.0 Å². The van der Waals surface area contributed by atoms with Crippen molar-refractivity contribution in [3.05, 3.63) is 52.0 Å². The second-order valence-electron chi connectivity index (χ2n) is 10.4. The van der Waals surface area contributed by atoms with Crippen LogP contribution in [0.15, 0.2) is 56.1 Å². The van der Waals surface area contributed by atoms with Gasteiger partial charge in [-0.1, -0.05) is 36.3 Å². The Labute approximate surface area is 247 Å². The Morgan fingerprint density at radius 2 is 1.31 bits per heavy atom. The van der Waals surface area contributed by atoms with E-state index in [2.05, 4.69) is 10.3 Å². The minimum absolute atomic E-state index is 0.0173. The fraction of sp³-hybridized carbons (Fsp3) is 0.533. The lowest BCUT2D eigenvalue weighted by Gasteiger charge is -2.29. The SMILES string of the molecule is CCON=C(CC)C1=C(O)CC(c2ccc(S(=O)(=O)N(C)C)c(C3CC(=O)C(C(CC)=NOCC)=C(O)C3)c2)CC1=O. The summed E-state index contributed by atoms with van der Waals surface area (Å²) in [6.07, 6.45) is 0.986. The van der Waals surface area contributed by atoms with Crippen LogP contribution >= 0.6 is 0 Å². The Kier molecular flexibility index (Phi) is 11.1. The van der Waals surface area contributed by atoms with E-state index in [9.17, 15) is 28.2 Å². The normalized spacial score (nSPS) is 20.9. The van der Waals surface area contributed by atoms with Gasteiger partial charge in [0.25, 0.3) is 0 Å². The van der Waals surface area contributed by atoms with E-state index < -0.39 is 21.9 Å². The summed E-state index contributed by atoms with van der Waals surface area (Å²) in [6, 6.07) is 4.80. The maximum atomic E-state index is 13.3. The van der Waals surface area contributed by atoms with Crippen molar-refractivity contribution < 1.29 is 37.9 Å². The molecule has 0 fully saturated rings. The van der Waals surface area contributed by atoms with E-state index >= 15 is 0 Å². The number of hydrogen-bond acceptors (Lipinski definition) is 10. The lowest BCUT2D eigenvalue weighted by atomic mass is 9.77. The molecule has 0 spiro atoms. The van der Waals surface area contributed by atoms with Crippen molar-refractivity contribution in [3.63, 3.8) is 0 Å². The van der Waals surface area contributed by atoms with E-state index in [1.807, 2.05) is 6.92 Å². The number of aliphatic hydroxyl groups excluding tert-OH is 2. The highest BCUT2D eigenvalue weighted by molar-refractivity contribution is 7.89. The Balaban J connectivity index is 2.08. The topological polar surface area (TPSA) is 155 Å². The number of benzene rings is 1. The van der Waals surface area contributed by atoms with Crippen molar-refractivity contribution in [1.29, 1.82) is 0 Å². The van der Waals surface area contributed by atoms with Crippen LogP contribution in [0.4, 0.5) is 0 Å². The van der Waals surface area contributed by atoms with Crippen molar-refractivity contribution in [1.82, 2.24) is 4.31 Å². The summed E-state index contributed by atoms with van der Waals surface area (Å²) in [5, 5.41) is 29.9. The predicted octanol–water partition coefficient (Wildman–Crippen LogP) is 5.06. The largest absolute Gasteiger partial charge is 0.511 e. The monoisotopic (exact) mass is 603 g/mol. The Morgan fingerprint density at radius 1 is 0.833 bits per heavy atom. The van der Waals surface area contributed by atoms with Crippen LogP contribution in [0.2, 0.25) is 0 Å².